The van der Waals surface area contributed by atoms with Crippen molar-refractivity contribution in [2.24, 2.45) is 0 Å². The minimum atomic E-state index is 0.200. The lowest BCUT2D eigenvalue weighted by Gasteiger charge is -2.08. The van der Waals surface area contributed by atoms with Gasteiger partial charge in [0, 0.05) is 36.0 Å². The summed E-state index contributed by atoms with van der Waals surface area (Å²) in [6.07, 6.45) is 7.10. The first-order valence-electron chi connectivity index (χ1n) is 8.91. The molecule has 0 radical (unpaired) electrons. The molecule has 3 heterocycles. The summed E-state index contributed by atoms with van der Waals surface area (Å²) in [4.78, 5) is 12.7. The van der Waals surface area contributed by atoms with Gasteiger partial charge in [0.1, 0.15) is 5.82 Å². The van der Waals surface area contributed by atoms with Gasteiger partial charge >= 0.3 is 0 Å². The lowest BCUT2D eigenvalue weighted by molar-refractivity contribution is 0.102. The fourth-order valence-corrected chi connectivity index (χ4v) is 4.59. The summed E-state index contributed by atoms with van der Waals surface area (Å²) in [5.74, 6) is 1.72. The molecule has 128 valence electrons. The number of carbonyl (C=O) groups excluding carboxylic acids is 1. The van der Waals surface area contributed by atoms with Crippen molar-refractivity contribution >= 4 is 17.5 Å². The van der Waals surface area contributed by atoms with Gasteiger partial charge in [-0.2, -0.15) is 0 Å². The number of fused-ring (bicyclic) bond motifs is 1. The summed E-state index contributed by atoms with van der Waals surface area (Å²) in [6.45, 7) is 5.16. The van der Waals surface area contributed by atoms with Gasteiger partial charge in [-0.15, -0.1) is 10.2 Å². The fourth-order valence-electron chi connectivity index (χ4n) is 3.73. The highest BCUT2D eigenvalue weighted by atomic mass is 32.2. The van der Waals surface area contributed by atoms with Gasteiger partial charge in [0.15, 0.2) is 10.9 Å². The Bertz CT molecular complexity index is 772. The van der Waals surface area contributed by atoms with Crippen molar-refractivity contribution in [2.75, 3.05) is 5.75 Å². The van der Waals surface area contributed by atoms with Crippen LogP contribution in [0, 0.1) is 13.8 Å². The summed E-state index contributed by atoms with van der Waals surface area (Å²) in [7, 11) is 0. The molecule has 5 nitrogen and oxygen atoms in total. The summed E-state index contributed by atoms with van der Waals surface area (Å²) in [5, 5.41) is 9.52. The molecule has 2 aromatic rings. The average molecular weight is 344 g/mol. The van der Waals surface area contributed by atoms with Gasteiger partial charge in [-0.25, -0.2) is 0 Å². The van der Waals surface area contributed by atoms with E-state index in [2.05, 4.69) is 39.2 Å². The van der Waals surface area contributed by atoms with Crippen molar-refractivity contribution in [3.63, 3.8) is 0 Å². The van der Waals surface area contributed by atoms with Crippen LogP contribution in [0.15, 0.2) is 11.2 Å². The molecule has 24 heavy (non-hydrogen) atoms. The number of hydrogen-bond acceptors (Lipinski definition) is 4. The third-order valence-corrected chi connectivity index (χ3v) is 6.07. The molecule has 1 aliphatic carbocycles. The zero-order chi connectivity index (χ0) is 16.7. The number of thioether (sulfide) groups is 1. The number of rotatable bonds is 5. The normalized spacial score (nSPS) is 17.6. The first kappa shape index (κ1) is 15.9. The van der Waals surface area contributed by atoms with Gasteiger partial charge in [0.2, 0.25) is 0 Å². The predicted molar refractivity (Wildman–Crippen MR) is 94.8 cm³/mol. The van der Waals surface area contributed by atoms with Crippen molar-refractivity contribution in [2.45, 2.75) is 70.1 Å². The first-order chi connectivity index (χ1) is 11.6. The monoisotopic (exact) mass is 344 g/mol. The summed E-state index contributed by atoms with van der Waals surface area (Å²) >= 11 is 1.53. The SMILES string of the molecule is Cc1cc(C(=O)CSc2nnc3n2CCCCC3)c(C)n1C1CC1. The number of carbonyl (C=O) groups is 1. The highest BCUT2D eigenvalue weighted by Crippen LogP contribution is 2.38. The number of aromatic nitrogens is 4. The lowest BCUT2D eigenvalue weighted by atomic mass is 10.2. The van der Waals surface area contributed by atoms with E-state index in [1.54, 1.807) is 0 Å². The van der Waals surface area contributed by atoms with E-state index in [0.29, 0.717) is 11.8 Å². The van der Waals surface area contributed by atoms with Crippen LogP contribution in [0.25, 0.3) is 0 Å². The van der Waals surface area contributed by atoms with Crippen molar-refractivity contribution < 1.29 is 4.79 Å². The molecule has 0 amide bonds. The third-order valence-electron chi connectivity index (χ3n) is 5.10. The highest BCUT2D eigenvalue weighted by molar-refractivity contribution is 7.99. The molecule has 1 fully saturated rings. The van der Waals surface area contributed by atoms with Crippen molar-refractivity contribution in [3.05, 3.63) is 28.8 Å². The molecule has 0 saturated heterocycles. The maximum Gasteiger partial charge on any atom is 0.191 e. The van der Waals surface area contributed by atoms with Gasteiger partial charge in [0.05, 0.1) is 5.75 Å². The number of Topliss-reactive ketones (excluding diaryl/α,β-unsaturated/α-hetero) is 1. The molecular formula is C18H24N4OS. The van der Waals surface area contributed by atoms with Crippen LogP contribution in [0.1, 0.15) is 65.7 Å². The Morgan fingerprint density at radius 2 is 2.08 bits per heavy atom. The topological polar surface area (TPSA) is 52.7 Å². The Balaban J connectivity index is 1.48. The van der Waals surface area contributed by atoms with Crippen molar-refractivity contribution in [1.82, 2.24) is 19.3 Å². The molecule has 4 rings (SSSR count). The van der Waals surface area contributed by atoms with E-state index in [1.807, 2.05) is 0 Å². The second-order valence-electron chi connectivity index (χ2n) is 6.96. The van der Waals surface area contributed by atoms with Crippen LogP contribution in [0.4, 0.5) is 0 Å². The largest absolute Gasteiger partial charge is 0.345 e. The zero-order valence-electron chi connectivity index (χ0n) is 14.4. The Hall–Kier alpha value is -1.56. The highest BCUT2D eigenvalue weighted by Gasteiger charge is 2.28. The van der Waals surface area contributed by atoms with Gasteiger partial charge < -0.3 is 9.13 Å². The Kier molecular flexibility index (Phi) is 4.24. The van der Waals surface area contributed by atoms with Crippen LogP contribution in [0.3, 0.4) is 0 Å². The molecule has 0 atom stereocenters. The molecular weight excluding hydrogens is 320 g/mol. The molecule has 0 bridgehead atoms. The van der Waals surface area contributed by atoms with Crippen LogP contribution >= 0.6 is 11.8 Å². The van der Waals surface area contributed by atoms with E-state index < -0.39 is 0 Å². The minimum Gasteiger partial charge on any atom is -0.345 e. The summed E-state index contributed by atoms with van der Waals surface area (Å²) < 4.78 is 4.54. The van der Waals surface area contributed by atoms with Crippen LogP contribution in [-0.4, -0.2) is 30.9 Å². The number of hydrogen-bond donors (Lipinski definition) is 0. The third kappa shape index (κ3) is 2.92. The van der Waals surface area contributed by atoms with Crippen molar-refractivity contribution in [1.29, 1.82) is 0 Å². The second-order valence-corrected chi connectivity index (χ2v) is 7.90. The van der Waals surface area contributed by atoms with E-state index in [-0.39, 0.29) is 5.78 Å². The molecule has 2 aliphatic rings. The molecule has 2 aromatic heterocycles. The van der Waals surface area contributed by atoms with Crippen LogP contribution in [0.2, 0.25) is 0 Å². The molecule has 0 unspecified atom stereocenters. The van der Waals surface area contributed by atoms with E-state index in [1.165, 1.54) is 49.6 Å². The Morgan fingerprint density at radius 1 is 1.25 bits per heavy atom. The maximum atomic E-state index is 12.7. The second kappa shape index (κ2) is 6.39. The predicted octanol–water partition coefficient (Wildman–Crippen LogP) is 3.73. The van der Waals surface area contributed by atoms with E-state index >= 15 is 0 Å². The molecule has 0 N–H and O–H groups in total. The summed E-state index contributed by atoms with van der Waals surface area (Å²) in [6, 6.07) is 2.67. The van der Waals surface area contributed by atoms with Crippen molar-refractivity contribution in [3.8, 4) is 0 Å². The molecule has 0 spiro atoms. The van der Waals surface area contributed by atoms with Gasteiger partial charge in [-0.3, -0.25) is 4.79 Å². The average Bonchev–Trinajstić information content (AvgIpc) is 3.31. The quantitative estimate of drug-likeness (QED) is 0.612. The fraction of sp³-hybridized carbons (Fsp3) is 0.611. The standard InChI is InChI=1S/C18H24N4OS/c1-12-10-15(13(2)22(12)14-7-8-14)16(23)11-24-18-20-19-17-6-4-3-5-9-21(17)18/h10,14H,3-9,11H2,1-2H3. The smallest absolute Gasteiger partial charge is 0.191 e. The van der Waals surface area contributed by atoms with Gasteiger partial charge in [-0.1, -0.05) is 18.2 Å². The van der Waals surface area contributed by atoms with E-state index in [9.17, 15) is 4.79 Å². The summed E-state index contributed by atoms with van der Waals surface area (Å²) in [5.41, 5.74) is 3.21. The molecule has 1 saturated carbocycles. The minimum absolute atomic E-state index is 0.200. The van der Waals surface area contributed by atoms with Gasteiger partial charge in [-0.05, 0) is 45.6 Å². The zero-order valence-corrected chi connectivity index (χ0v) is 15.2. The van der Waals surface area contributed by atoms with E-state index in [4.69, 9.17) is 0 Å². The molecule has 0 aromatic carbocycles. The molecule has 1 aliphatic heterocycles. The Labute approximate surface area is 146 Å². The number of ketones is 1. The van der Waals surface area contributed by atoms with Gasteiger partial charge in [0.25, 0.3) is 0 Å². The number of nitrogens with zero attached hydrogens (tertiary/aromatic N) is 4. The number of aryl methyl sites for hydroxylation is 2. The van der Waals surface area contributed by atoms with Crippen LogP contribution in [-0.2, 0) is 13.0 Å². The molecule has 6 heteroatoms. The van der Waals surface area contributed by atoms with Crippen LogP contribution in [0.5, 0.6) is 0 Å². The lowest BCUT2D eigenvalue weighted by Crippen LogP contribution is -2.07. The van der Waals surface area contributed by atoms with Crippen LogP contribution < -0.4 is 0 Å². The van der Waals surface area contributed by atoms with E-state index in [0.717, 1.165) is 35.2 Å². The maximum absolute atomic E-state index is 12.7. The Morgan fingerprint density at radius 3 is 2.88 bits per heavy atom. The first-order valence-corrected chi connectivity index (χ1v) is 9.90.